The van der Waals surface area contributed by atoms with Crippen molar-refractivity contribution >= 4 is 5.91 Å². The average Bonchev–Trinajstić information content (AvgIpc) is 3.45. The van der Waals surface area contributed by atoms with Gasteiger partial charge in [-0.3, -0.25) is 19.4 Å². The molecule has 2 aliphatic rings. The van der Waals surface area contributed by atoms with Gasteiger partial charge in [0.15, 0.2) is 0 Å². The molecule has 0 saturated heterocycles. The van der Waals surface area contributed by atoms with Crippen LogP contribution in [0.1, 0.15) is 41.6 Å². The van der Waals surface area contributed by atoms with Crippen molar-refractivity contribution in [1.29, 1.82) is 0 Å². The van der Waals surface area contributed by atoms with Crippen LogP contribution in [0.5, 0.6) is 0 Å². The van der Waals surface area contributed by atoms with E-state index in [1.807, 2.05) is 36.1 Å². The molecule has 1 amide bonds. The van der Waals surface area contributed by atoms with Crippen LogP contribution in [0.15, 0.2) is 43.0 Å². The molecule has 142 valence electrons. The van der Waals surface area contributed by atoms with Gasteiger partial charge in [0.05, 0.1) is 17.6 Å². The van der Waals surface area contributed by atoms with Gasteiger partial charge in [0.1, 0.15) is 0 Å². The second-order valence-corrected chi connectivity index (χ2v) is 7.89. The Labute approximate surface area is 164 Å². The molecule has 1 aromatic carbocycles. The number of carbonyl (C=O) groups excluding carboxylic acids is 1. The Morgan fingerprint density at radius 1 is 1.07 bits per heavy atom. The maximum atomic E-state index is 12.4. The van der Waals surface area contributed by atoms with E-state index in [1.54, 1.807) is 17.3 Å². The van der Waals surface area contributed by atoms with Gasteiger partial charge in [-0.2, -0.15) is 5.10 Å². The van der Waals surface area contributed by atoms with Crippen molar-refractivity contribution in [3.8, 4) is 22.5 Å². The number of amides is 1. The molecule has 0 N–H and O–H groups in total. The third-order valence-electron chi connectivity index (χ3n) is 5.89. The van der Waals surface area contributed by atoms with Crippen molar-refractivity contribution in [2.75, 3.05) is 7.05 Å². The van der Waals surface area contributed by atoms with Crippen LogP contribution in [-0.4, -0.2) is 37.6 Å². The molecule has 2 aromatic heterocycles. The van der Waals surface area contributed by atoms with Crippen molar-refractivity contribution in [3.05, 3.63) is 54.1 Å². The minimum absolute atomic E-state index is 0.0617. The maximum Gasteiger partial charge on any atom is 0.254 e. The van der Waals surface area contributed by atoms with Gasteiger partial charge >= 0.3 is 0 Å². The summed E-state index contributed by atoms with van der Waals surface area (Å²) in [4.78, 5) is 23.3. The van der Waals surface area contributed by atoms with Gasteiger partial charge in [-0.15, -0.1) is 0 Å². The molecular formula is C22H23N5O. The Bertz CT molecular complexity index is 1030. The van der Waals surface area contributed by atoms with Crippen molar-refractivity contribution in [3.63, 3.8) is 0 Å². The lowest BCUT2D eigenvalue weighted by Gasteiger charge is -2.09. The third-order valence-corrected chi connectivity index (χ3v) is 5.89. The van der Waals surface area contributed by atoms with Gasteiger partial charge in [0.25, 0.3) is 5.91 Å². The topological polar surface area (TPSA) is 63.9 Å². The number of rotatable bonds is 4. The fraction of sp³-hybridized carbons (Fsp3) is 0.364. The molecule has 0 atom stereocenters. The van der Waals surface area contributed by atoms with Crippen LogP contribution < -0.4 is 0 Å². The number of nitrogens with zero attached hydrogens (tertiary/aromatic N) is 5. The maximum absolute atomic E-state index is 12.4. The Hall–Kier alpha value is -3.02. The summed E-state index contributed by atoms with van der Waals surface area (Å²) in [6, 6.07) is 5.99. The number of fused-ring (bicyclic) bond motifs is 1. The van der Waals surface area contributed by atoms with Crippen LogP contribution >= 0.6 is 0 Å². The van der Waals surface area contributed by atoms with Crippen LogP contribution in [0.2, 0.25) is 0 Å². The van der Waals surface area contributed by atoms with Crippen LogP contribution in [-0.2, 0) is 13.1 Å². The standard InChI is InChI=1S/C22H23N5O/c1-26-13-17-7-6-16(10-19(17)22(26)28)20-21(24-9-8-23-20)18-11-25-27(14-18)12-15-4-2-3-5-15/h6-11,14-15H,2-5,12-13H2,1H3. The van der Waals surface area contributed by atoms with E-state index in [4.69, 9.17) is 0 Å². The first-order valence-electron chi connectivity index (χ1n) is 9.91. The summed E-state index contributed by atoms with van der Waals surface area (Å²) in [6.07, 6.45) is 12.6. The zero-order valence-corrected chi connectivity index (χ0v) is 16.0. The zero-order chi connectivity index (χ0) is 19.1. The highest BCUT2D eigenvalue weighted by Crippen LogP contribution is 2.32. The van der Waals surface area contributed by atoms with Crippen LogP contribution in [0, 0.1) is 5.92 Å². The van der Waals surface area contributed by atoms with E-state index in [0.717, 1.165) is 46.1 Å². The largest absolute Gasteiger partial charge is 0.337 e. The van der Waals surface area contributed by atoms with Crippen molar-refractivity contribution in [1.82, 2.24) is 24.6 Å². The van der Waals surface area contributed by atoms with Crippen LogP contribution in [0.3, 0.4) is 0 Å². The summed E-state index contributed by atoms with van der Waals surface area (Å²) in [5, 5.41) is 4.56. The summed E-state index contributed by atoms with van der Waals surface area (Å²) < 4.78 is 2.03. The number of aromatic nitrogens is 4. The average molecular weight is 373 g/mol. The highest BCUT2D eigenvalue weighted by Gasteiger charge is 2.25. The lowest BCUT2D eigenvalue weighted by Crippen LogP contribution is -2.17. The van der Waals surface area contributed by atoms with Crippen LogP contribution in [0.4, 0.5) is 0 Å². The third kappa shape index (κ3) is 2.99. The Morgan fingerprint density at radius 3 is 2.61 bits per heavy atom. The van der Waals surface area contributed by atoms with Crippen molar-refractivity contribution < 1.29 is 4.79 Å². The molecule has 28 heavy (non-hydrogen) atoms. The predicted molar refractivity (Wildman–Crippen MR) is 106 cm³/mol. The molecular weight excluding hydrogens is 350 g/mol. The molecule has 6 nitrogen and oxygen atoms in total. The van der Waals surface area contributed by atoms with E-state index in [1.165, 1.54) is 25.7 Å². The summed E-state index contributed by atoms with van der Waals surface area (Å²) in [5.74, 6) is 0.792. The van der Waals surface area contributed by atoms with Gasteiger partial charge < -0.3 is 4.90 Å². The minimum Gasteiger partial charge on any atom is -0.337 e. The van der Waals surface area contributed by atoms with E-state index in [2.05, 4.69) is 21.3 Å². The summed E-state index contributed by atoms with van der Waals surface area (Å²) >= 11 is 0. The molecule has 1 saturated carbocycles. The fourth-order valence-corrected chi connectivity index (χ4v) is 4.40. The molecule has 0 unspecified atom stereocenters. The van der Waals surface area contributed by atoms with Gasteiger partial charge in [-0.05, 0) is 30.4 Å². The van der Waals surface area contributed by atoms with Gasteiger partial charge in [0, 0.05) is 55.4 Å². The highest BCUT2D eigenvalue weighted by molar-refractivity contribution is 5.99. The molecule has 3 heterocycles. The van der Waals surface area contributed by atoms with E-state index in [-0.39, 0.29) is 5.91 Å². The minimum atomic E-state index is 0.0617. The molecule has 0 radical (unpaired) electrons. The molecule has 6 heteroatoms. The number of carbonyl (C=O) groups is 1. The summed E-state index contributed by atoms with van der Waals surface area (Å²) in [6.45, 7) is 1.63. The summed E-state index contributed by atoms with van der Waals surface area (Å²) in [7, 11) is 1.83. The second kappa shape index (κ2) is 6.86. The van der Waals surface area contributed by atoms with Gasteiger partial charge in [-0.1, -0.05) is 25.0 Å². The molecule has 1 aliphatic heterocycles. The number of hydrogen-bond donors (Lipinski definition) is 0. The number of benzene rings is 1. The first-order chi connectivity index (χ1) is 13.7. The molecule has 0 spiro atoms. The Balaban J connectivity index is 1.49. The van der Waals surface area contributed by atoms with Crippen molar-refractivity contribution in [2.45, 2.75) is 38.8 Å². The monoisotopic (exact) mass is 373 g/mol. The lowest BCUT2D eigenvalue weighted by atomic mass is 10.0. The molecule has 3 aromatic rings. The van der Waals surface area contributed by atoms with E-state index >= 15 is 0 Å². The second-order valence-electron chi connectivity index (χ2n) is 7.89. The Morgan fingerprint density at radius 2 is 1.82 bits per heavy atom. The quantitative estimate of drug-likeness (QED) is 0.698. The van der Waals surface area contributed by atoms with Gasteiger partial charge in [0.2, 0.25) is 0 Å². The molecule has 0 bridgehead atoms. The number of hydrogen-bond acceptors (Lipinski definition) is 4. The van der Waals surface area contributed by atoms with Crippen molar-refractivity contribution in [2.24, 2.45) is 5.92 Å². The van der Waals surface area contributed by atoms with Gasteiger partial charge in [-0.25, -0.2) is 0 Å². The Kier molecular flexibility index (Phi) is 4.19. The summed E-state index contributed by atoms with van der Waals surface area (Å²) in [5.41, 5.74) is 5.28. The van der Waals surface area contributed by atoms with E-state index in [0.29, 0.717) is 6.54 Å². The highest BCUT2D eigenvalue weighted by atomic mass is 16.2. The fourth-order valence-electron chi connectivity index (χ4n) is 4.40. The first kappa shape index (κ1) is 17.1. The lowest BCUT2D eigenvalue weighted by molar-refractivity contribution is 0.0816. The first-order valence-corrected chi connectivity index (χ1v) is 9.91. The zero-order valence-electron chi connectivity index (χ0n) is 16.0. The SMILES string of the molecule is CN1Cc2ccc(-c3nccnc3-c3cnn(CC4CCCC4)c3)cc2C1=O. The normalized spacial score (nSPS) is 16.8. The molecule has 1 aliphatic carbocycles. The smallest absolute Gasteiger partial charge is 0.254 e. The predicted octanol–water partition coefficient (Wildman–Crippen LogP) is 3.78. The van der Waals surface area contributed by atoms with Crippen LogP contribution in [0.25, 0.3) is 22.5 Å². The van der Waals surface area contributed by atoms with E-state index < -0.39 is 0 Å². The molecule has 1 fully saturated rings. The molecule has 5 rings (SSSR count). The van der Waals surface area contributed by atoms with E-state index in [9.17, 15) is 4.79 Å².